The zero-order valence-electron chi connectivity index (χ0n) is 10.4. The SMILES string of the molecule is C=CC(=O)OC.CCCCC(CC)C(=O)O. The minimum atomic E-state index is -0.643. The van der Waals surface area contributed by atoms with Crippen molar-refractivity contribution in [1.82, 2.24) is 0 Å². The van der Waals surface area contributed by atoms with Gasteiger partial charge in [-0.2, -0.15) is 0 Å². The second-order valence-electron chi connectivity index (χ2n) is 3.31. The quantitative estimate of drug-likeness (QED) is 0.562. The van der Waals surface area contributed by atoms with Crippen LogP contribution in [0.15, 0.2) is 12.7 Å². The highest BCUT2D eigenvalue weighted by atomic mass is 16.5. The molecule has 0 saturated carbocycles. The maximum atomic E-state index is 10.4. The molecule has 0 bridgehead atoms. The fourth-order valence-corrected chi connectivity index (χ4v) is 1.04. The third-order valence-corrected chi connectivity index (χ3v) is 2.12. The van der Waals surface area contributed by atoms with Gasteiger partial charge in [0.2, 0.25) is 0 Å². The number of rotatable bonds is 6. The topological polar surface area (TPSA) is 63.6 Å². The Labute approximate surface area is 97.3 Å². The van der Waals surface area contributed by atoms with Gasteiger partial charge in [-0.15, -0.1) is 0 Å². The van der Waals surface area contributed by atoms with E-state index < -0.39 is 11.9 Å². The smallest absolute Gasteiger partial charge is 0.329 e. The Hall–Kier alpha value is -1.32. The molecule has 0 aliphatic heterocycles. The molecule has 4 heteroatoms. The first-order valence-corrected chi connectivity index (χ1v) is 5.46. The summed E-state index contributed by atoms with van der Waals surface area (Å²) in [6, 6.07) is 0. The van der Waals surface area contributed by atoms with Crippen LogP contribution in [-0.2, 0) is 14.3 Å². The van der Waals surface area contributed by atoms with Crippen molar-refractivity contribution in [2.24, 2.45) is 5.92 Å². The number of unbranched alkanes of at least 4 members (excludes halogenated alkanes) is 1. The van der Waals surface area contributed by atoms with Gasteiger partial charge in [0.25, 0.3) is 0 Å². The highest BCUT2D eigenvalue weighted by molar-refractivity contribution is 5.80. The van der Waals surface area contributed by atoms with E-state index in [-0.39, 0.29) is 5.92 Å². The summed E-state index contributed by atoms with van der Waals surface area (Å²) in [4.78, 5) is 20.3. The van der Waals surface area contributed by atoms with Crippen LogP contribution in [0.25, 0.3) is 0 Å². The fourth-order valence-electron chi connectivity index (χ4n) is 1.04. The van der Waals surface area contributed by atoms with E-state index in [9.17, 15) is 9.59 Å². The molecule has 1 unspecified atom stereocenters. The zero-order valence-corrected chi connectivity index (χ0v) is 10.4. The number of aliphatic carboxylic acids is 1. The highest BCUT2D eigenvalue weighted by Crippen LogP contribution is 2.11. The molecule has 94 valence electrons. The van der Waals surface area contributed by atoms with Crippen molar-refractivity contribution in [2.45, 2.75) is 39.5 Å². The minimum absolute atomic E-state index is 0.111. The lowest BCUT2D eigenvalue weighted by atomic mass is 10.00. The highest BCUT2D eigenvalue weighted by Gasteiger charge is 2.12. The Morgan fingerprint density at radius 2 is 2.00 bits per heavy atom. The molecule has 0 rings (SSSR count). The van der Waals surface area contributed by atoms with Gasteiger partial charge in [-0.05, 0) is 12.8 Å². The lowest BCUT2D eigenvalue weighted by Gasteiger charge is -2.06. The molecule has 0 heterocycles. The molecule has 0 aromatic carbocycles. The van der Waals surface area contributed by atoms with Crippen LogP contribution in [0.4, 0.5) is 0 Å². The molecule has 16 heavy (non-hydrogen) atoms. The lowest BCUT2D eigenvalue weighted by Crippen LogP contribution is -2.11. The number of esters is 1. The zero-order chi connectivity index (χ0) is 13.0. The molecular formula is C12H22O4. The normalized spacial score (nSPS) is 10.7. The Morgan fingerprint density at radius 1 is 1.44 bits per heavy atom. The predicted octanol–water partition coefficient (Wildman–Crippen LogP) is 2.63. The molecule has 0 aromatic rings. The number of ether oxygens (including phenoxy) is 1. The van der Waals surface area contributed by atoms with Gasteiger partial charge in [0.1, 0.15) is 0 Å². The van der Waals surface area contributed by atoms with E-state index >= 15 is 0 Å². The summed E-state index contributed by atoms with van der Waals surface area (Å²) in [5.41, 5.74) is 0. The summed E-state index contributed by atoms with van der Waals surface area (Å²) in [7, 11) is 1.31. The van der Waals surface area contributed by atoms with Crippen LogP contribution in [0.1, 0.15) is 39.5 Å². The monoisotopic (exact) mass is 230 g/mol. The van der Waals surface area contributed by atoms with Crippen molar-refractivity contribution in [1.29, 1.82) is 0 Å². The van der Waals surface area contributed by atoms with Crippen molar-refractivity contribution in [3.8, 4) is 0 Å². The average molecular weight is 230 g/mol. The van der Waals surface area contributed by atoms with Crippen LogP contribution < -0.4 is 0 Å². The first-order chi connectivity index (χ1) is 7.53. The predicted molar refractivity (Wildman–Crippen MR) is 63.2 cm³/mol. The number of carboxylic acid groups (broad SMARTS) is 1. The van der Waals surface area contributed by atoms with Crippen LogP contribution in [0.3, 0.4) is 0 Å². The average Bonchev–Trinajstić information content (AvgIpc) is 2.29. The fraction of sp³-hybridized carbons (Fsp3) is 0.667. The first-order valence-electron chi connectivity index (χ1n) is 5.46. The molecule has 0 aliphatic carbocycles. The minimum Gasteiger partial charge on any atom is -0.481 e. The van der Waals surface area contributed by atoms with Crippen LogP contribution in [-0.4, -0.2) is 24.2 Å². The van der Waals surface area contributed by atoms with E-state index in [2.05, 4.69) is 18.2 Å². The van der Waals surface area contributed by atoms with Crippen LogP contribution in [0.2, 0.25) is 0 Å². The first kappa shape index (κ1) is 17.1. The molecule has 1 atom stereocenters. The molecule has 1 N–H and O–H groups in total. The summed E-state index contributed by atoms with van der Waals surface area (Å²) in [6.07, 6.45) is 4.83. The number of methoxy groups -OCH3 is 1. The summed E-state index contributed by atoms with van der Waals surface area (Å²) in [5.74, 6) is -1.15. The molecule has 0 aromatic heterocycles. The Kier molecular flexibility index (Phi) is 12.6. The van der Waals surface area contributed by atoms with Gasteiger partial charge in [-0.3, -0.25) is 4.79 Å². The molecule has 0 saturated heterocycles. The third-order valence-electron chi connectivity index (χ3n) is 2.12. The van der Waals surface area contributed by atoms with Crippen molar-refractivity contribution < 1.29 is 19.4 Å². The third kappa shape index (κ3) is 10.8. The number of carbonyl (C=O) groups excluding carboxylic acids is 1. The second kappa shape index (κ2) is 11.8. The lowest BCUT2D eigenvalue weighted by molar-refractivity contribution is -0.142. The van der Waals surface area contributed by atoms with Crippen LogP contribution in [0.5, 0.6) is 0 Å². The van der Waals surface area contributed by atoms with Gasteiger partial charge in [-0.25, -0.2) is 4.79 Å². The number of hydrogen-bond donors (Lipinski definition) is 1. The van der Waals surface area contributed by atoms with Crippen molar-refractivity contribution in [3.63, 3.8) is 0 Å². The molecule has 0 spiro atoms. The Morgan fingerprint density at radius 3 is 2.19 bits per heavy atom. The van der Waals surface area contributed by atoms with Gasteiger partial charge in [0.15, 0.2) is 0 Å². The Balaban J connectivity index is 0. The maximum Gasteiger partial charge on any atom is 0.329 e. The summed E-state index contributed by atoms with van der Waals surface area (Å²) >= 11 is 0. The molecule has 0 radical (unpaired) electrons. The molecule has 4 nitrogen and oxygen atoms in total. The molecule has 0 fully saturated rings. The van der Waals surface area contributed by atoms with E-state index in [0.29, 0.717) is 0 Å². The van der Waals surface area contributed by atoms with Crippen molar-refractivity contribution >= 4 is 11.9 Å². The van der Waals surface area contributed by atoms with Crippen LogP contribution in [0, 0.1) is 5.92 Å². The second-order valence-corrected chi connectivity index (χ2v) is 3.31. The number of hydrogen-bond acceptors (Lipinski definition) is 3. The van der Waals surface area contributed by atoms with Crippen molar-refractivity contribution in [3.05, 3.63) is 12.7 Å². The van der Waals surface area contributed by atoms with E-state index in [4.69, 9.17) is 5.11 Å². The van der Waals surface area contributed by atoms with Gasteiger partial charge >= 0.3 is 11.9 Å². The molecule has 0 amide bonds. The van der Waals surface area contributed by atoms with Crippen molar-refractivity contribution in [2.75, 3.05) is 7.11 Å². The summed E-state index contributed by atoms with van der Waals surface area (Å²) < 4.78 is 4.14. The molecule has 0 aliphatic rings. The largest absolute Gasteiger partial charge is 0.481 e. The molecular weight excluding hydrogens is 208 g/mol. The number of carboxylic acids is 1. The standard InChI is InChI=1S/C8H16O2.C4H6O2/c1-3-5-6-7(4-2)8(9)10;1-3-4(5)6-2/h7H,3-6H2,1-2H3,(H,9,10);3H,1H2,2H3. The van der Waals surface area contributed by atoms with E-state index in [1.54, 1.807) is 0 Å². The Bertz CT molecular complexity index is 211. The van der Waals surface area contributed by atoms with Gasteiger partial charge in [0.05, 0.1) is 13.0 Å². The summed E-state index contributed by atoms with van der Waals surface area (Å²) in [6.45, 7) is 7.16. The van der Waals surface area contributed by atoms with Gasteiger partial charge in [-0.1, -0.05) is 33.3 Å². The van der Waals surface area contributed by atoms with Gasteiger partial charge < -0.3 is 9.84 Å². The number of carbonyl (C=O) groups is 2. The van der Waals surface area contributed by atoms with E-state index in [1.165, 1.54) is 7.11 Å². The van der Waals surface area contributed by atoms with Gasteiger partial charge in [0, 0.05) is 6.08 Å². The maximum absolute atomic E-state index is 10.4. The summed E-state index contributed by atoms with van der Waals surface area (Å²) in [5, 5.41) is 8.60. The van der Waals surface area contributed by atoms with Crippen LogP contribution >= 0.6 is 0 Å². The van der Waals surface area contributed by atoms with E-state index in [1.807, 2.05) is 6.92 Å². The van der Waals surface area contributed by atoms with E-state index in [0.717, 1.165) is 31.8 Å².